The molecule has 6 rings (SSSR count). The molecule has 0 radical (unpaired) electrons. The lowest BCUT2D eigenvalue weighted by molar-refractivity contribution is 0.0501. The zero-order chi connectivity index (χ0) is 31.0. The van der Waals surface area contributed by atoms with Crippen LogP contribution < -0.4 is 10.2 Å². The number of aliphatic hydroxyl groups excluding tert-OH is 1. The first-order valence-corrected chi connectivity index (χ1v) is 16.6. The van der Waals surface area contributed by atoms with E-state index < -0.39 is 18.2 Å². The predicted molar refractivity (Wildman–Crippen MR) is 172 cm³/mol. The van der Waals surface area contributed by atoms with Crippen LogP contribution in [0.25, 0.3) is 11.1 Å². The number of hydrogen-bond acceptors (Lipinski definition) is 10. The van der Waals surface area contributed by atoms with Crippen molar-refractivity contribution < 1.29 is 23.8 Å². The van der Waals surface area contributed by atoms with E-state index in [4.69, 9.17) is 9.15 Å². The van der Waals surface area contributed by atoms with Crippen molar-refractivity contribution in [3.05, 3.63) is 76.2 Å². The van der Waals surface area contributed by atoms with Crippen LogP contribution in [0.5, 0.6) is 0 Å². The minimum absolute atomic E-state index is 0.0345. The maximum absolute atomic E-state index is 14.0. The highest BCUT2D eigenvalue weighted by molar-refractivity contribution is 7.09. The first kappa shape index (κ1) is 31.0. The fourth-order valence-corrected chi connectivity index (χ4v) is 6.47. The lowest BCUT2D eigenvalue weighted by Gasteiger charge is -2.31. The Hall–Kier alpha value is -4.00. The van der Waals surface area contributed by atoms with Gasteiger partial charge in [-0.2, -0.15) is 4.98 Å². The van der Waals surface area contributed by atoms with Gasteiger partial charge in [-0.1, -0.05) is 30.3 Å². The third kappa shape index (κ3) is 8.19. The zero-order valence-corrected chi connectivity index (χ0v) is 26.2. The Bertz CT molecular complexity index is 1540. The van der Waals surface area contributed by atoms with Gasteiger partial charge in [0.25, 0.3) is 11.9 Å². The van der Waals surface area contributed by atoms with Crippen LogP contribution >= 0.6 is 11.3 Å². The van der Waals surface area contributed by atoms with Crippen molar-refractivity contribution in [1.82, 2.24) is 25.1 Å². The molecule has 0 aliphatic carbocycles. The number of ether oxygens (including phenoxy) is 1. The van der Waals surface area contributed by atoms with Crippen LogP contribution in [0.2, 0.25) is 0 Å². The van der Waals surface area contributed by atoms with Crippen molar-refractivity contribution in [3.8, 4) is 0 Å². The fourth-order valence-electron chi connectivity index (χ4n) is 5.96. The number of carbonyl (C=O) groups excluding carboxylic acids is 2. The molecule has 2 saturated heterocycles. The van der Waals surface area contributed by atoms with Gasteiger partial charge >= 0.3 is 6.09 Å². The summed E-state index contributed by atoms with van der Waals surface area (Å²) in [6.45, 7) is 5.10. The Balaban J connectivity index is 1.19. The fraction of sp³-hybridized carbons (Fsp3) is 0.455. The van der Waals surface area contributed by atoms with Gasteiger partial charge in [-0.05, 0) is 69.0 Å². The topological polar surface area (TPSA) is 124 Å². The smallest absolute Gasteiger partial charge is 0.407 e. The first-order valence-electron chi connectivity index (χ1n) is 15.7. The number of thiazole rings is 1. The van der Waals surface area contributed by atoms with Crippen LogP contribution in [0.15, 0.2) is 64.7 Å². The quantitative estimate of drug-likeness (QED) is 0.222. The number of anilines is 1. The molecule has 4 heterocycles. The van der Waals surface area contributed by atoms with Gasteiger partial charge < -0.3 is 34.3 Å². The molecule has 2 N–H and O–H groups in total. The molecule has 2 atom stereocenters. The molecule has 0 spiro atoms. The molecule has 2 aromatic carbocycles. The molecular formula is C33H40N6O5S. The van der Waals surface area contributed by atoms with Crippen LogP contribution in [0, 0.1) is 0 Å². The minimum atomic E-state index is -1.06. The van der Waals surface area contributed by atoms with Crippen molar-refractivity contribution >= 4 is 40.5 Å². The molecule has 0 unspecified atom stereocenters. The lowest BCUT2D eigenvalue weighted by atomic mass is 10.0. The highest BCUT2D eigenvalue weighted by Crippen LogP contribution is 2.26. The Kier molecular flexibility index (Phi) is 10.2. The van der Waals surface area contributed by atoms with E-state index in [1.165, 1.54) is 11.3 Å². The van der Waals surface area contributed by atoms with Gasteiger partial charge in [0.1, 0.15) is 12.1 Å². The van der Waals surface area contributed by atoms with Crippen molar-refractivity contribution in [1.29, 1.82) is 0 Å². The van der Waals surface area contributed by atoms with Crippen LogP contribution in [-0.2, 0) is 17.8 Å². The number of nitrogens with zero attached hydrogens (tertiary/aromatic N) is 5. The molecular weight excluding hydrogens is 592 g/mol. The van der Waals surface area contributed by atoms with Crippen molar-refractivity contribution in [2.45, 2.75) is 50.9 Å². The summed E-state index contributed by atoms with van der Waals surface area (Å²) >= 11 is 1.40. The average Bonchev–Trinajstić information content (AvgIpc) is 3.89. The van der Waals surface area contributed by atoms with Crippen LogP contribution in [0.3, 0.4) is 0 Å². The molecule has 2 aliphatic rings. The Morgan fingerprint density at radius 3 is 2.60 bits per heavy atom. The highest BCUT2D eigenvalue weighted by atomic mass is 32.1. The van der Waals surface area contributed by atoms with Gasteiger partial charge in [0, 0.05) is 44.5 Å². The summed E-state index contributed by atoms with van der Waals surface area (Å²) < 4.78 is 11.5. The summed E-state index contributed by atoms with van der Waals surface area (Å²) in [5.41, 5.74) is 4.37. The van der Waals surface area contributed by atoms with Gasteiger partial charge in [-0.25, -0.2) is 4.79 Å². The van der Waals surface area contributed by atoms with Gasteiger partial charge in [0.2, 0.25) is 0 Å². The van der Waals surface area contributed by atoms with E-state index in [0.717, 1.165) is 62.3 Å². The number of oxazole rings is 1. The van der Waals surface area contributed by atoms with Gasteiger partial charge in [-0.3, -0.25) is 9.78 Å². The molecule has 2 amide bonds. The summed E-state index contributed by atoms with van der Waals surface area (Å²) in [4.78, 5) is 42.5. The number of rotatable bonds is 13. The summed E-state index contributed by atoms with van der Waals surface area (Å²) in [5, 5.41) is 14.5. The third-order valence-corrected chi connectivity index (χ3v) is 9.23. The van der Waals surface area contributed by atoms with E-state index >= 15 is 0 Å². The van der Waals surface area contributed by atoms with Crippen LogP contribution in [0.1, 0.15) is 46.5 Å². The van der Waals surface area contributed by atoms with E-state index in [-0.39, 0.29) is 19.1 Å². The molecule has 11 nitrogen and oxygen atoms in total. The molecule has 2 fully saturated rings. The average molecular weight is 633 g/mol. The number of nitrogens with one attached hydrogen (secondary N) is 1. The molecule has 0 saturated carbocycles. The maximum atomic E-state index is 14.0. The second-order valence-electron chi connectivity index (χ2n) is 11.7. The molecule has 0 bridgehead atoms. The van der Waals surface area contributed by atoms with Gasteiger partial charge in [0.05, 0.1) is 22.5 Å². The Morgan fingerprint density at radius 1 is 1.07 bits per heavy atom. The molecule has 4 aromatic rings. The number of alkyl carbamates (subject to hydrolysis) is 1. The lowest BCUT2D eigenvalue weighted by Crippen LogP contribution is -2.51. The van der Waals surface area contributed by atoms with E-state index in [0.29, 0.717) is 42.2 Å². The highest BCUT2D eigenvalue weighted by Gasteiger charge is 2.28. The van der Waals surface area contributed by atoms with Crippen LogP contribution in [-0.4, -0.2) is 94.8 Å². The number of aromatic nitrogens is 2. The first-order chi connectivity index (χ1) is 22.0. The Morgan fingerprint density at radius 2 is 1.84 bits per heavy atom. The Labute approximate surface area is 266 Å². The largest absolute Gasteiger partial charge is 0.444 e. The molecule has 2 aromatic heterocycles. The number of aliphatic hydroxyl groups is 1. The van der Waals surface area contributed by atoms with E-state index in [2.05, 4.69) is 25.1 Å². The summed E-state index contributed by atoms with van der Waals surface area (Å²) in [6.07, 6.45) is 4.84. The molecule has 238 valence electrons. The monoisotopic (exact) mass is 632 g/mol. The number of benzene rings is 2. The number of carbonyl (C=O) groups is 2. The third-order valence-electron chi connectivity index (χ3n) is 8.48. The van der Waals surface area contributed by atoms with Crippen LogP contribution in [0.4, 0.5) is 10.8 Å². The standard InChI is InChI=1S/C33H40N6O5S/c40-29(28(18-24-8-2-1-3-9-24)36-33(42)43-22-26-20-34-23-45-26)21-39(17-16-37-12-4-5-13-37)31(41)25-10-11-27-30(19-25)44-32(35-27)38-14-6-7-15-38/h1-3,8-11,19-20,23,28-29,40H,4-7,12-18,21-22H2,(H,36,42)/t28-,29+/m0/s1. The number of amides is 2. The summed E-state index contributed by atoms with van der Waals surface area (Å²) in [6, 6.07) is 14.9. The maximum Gasteiger partial charge on any atom is 0.407 e. The second kappa shape index (κ2) is 14.9. The van der Waals surface area contributed by atoms with Crippen molar-refractivity contribution in [2.75, 3.05) is 50.7 Å². The van der Waals surface area contributed by atoms with Crippen molar-refractivity contribution in [2.24, 2.45) is 0 Å². The van der Waals surface area contributed by atoms with E-state index in [1.54, 1.807) is 28.7 Å². The second-order valence-corrected chi connectivity index (χ2v) is 12.7. The molecule has 45 heavy (non-hydrogen) atoms. The zero-order valence-electron chi connectivity index (χ0n) is 25.3. The van der Waals surface area contributed by atoms with Crippen molar-refractivity contribution in [3.63, 3.8) is 0 Å². The predicted octanol–water partition coefficient (Wildman–Crippen LogP) is 4.32. The summed E-state index contributed by atoms with van der Waals surface area (Å²) in [5.74, 6) is -0.208. The minimum Gasteiger partial charge on any atom is -0.444 e. The molecule has 12 heteroatoms. The number of hydrogen-bond donors (Lipinski definition) is 2. The van der Waals surface area contributed by atoms with E-state index in [9.17, 15) is 14.7 Å². The van der Waals surface area contributed by atoms with Gasteiger partial charge in [-0.15, -0.1) is 11.3 Å². The number of fused-ring (bicyclic) bond motifs is 1. The normalized spacial score (nSPS) is 16.6. The van der Waals surface area contributed by atoms with Gasteiger partial charge in [0.15, 0.2) is 5.58 Å². The van der Waals surface area contributed by atoms with E-state index in [1.807, 2.05) is 36.4 Å². The summed E-state index contributed by atoms with van der Waals surface area (Å²) in [7, 11) is 0. The molecule has 2 aliphatic heterocycles. The number of likely N-dealkylation sites (tertiary alicyclic amines) is 1. The SMILES string of the molecule is O=C(N[C@@H](Cc1ccccc1)[C@H](O)CN(CCN1CCCC1)C(=O)c1ccc2nc(N3CCCC3)oc2c1)OCc1cncs1.